The first-order chi connectivity index (χ1) is 17.4. The molecule has 9 nitrogen and oxygen atoms in total. The largest absolute Gasteiger partial charge is 0.452 e. The van der Waals surface area contributed by atoms with Crippen molar-refractivity contribution in [3.8, 4) is 28.5 Å². The molecular weight excluding hydrogens is 474 g/mol. The van der Waals surface area contributed by atoms with Gasteiger partial charge >= 0.3 is 5.97 Å². The van der Waals surface area contributed by atoms with E-state index in [4.69, 9.17) is 9.47 Å². The zero-order chi connectivity index (χ0) is 25.2. The van der Waals surface area contributed by atoms with Gasteiger partial charge in [-0.3, -0.25) is 9.59 Å². The van der Waals surface area contributed by atoms with Crippen LogP contribution in [0.3, 0.4) is 0 Å². The molecule has 0 aliphatic carbocycles. The summed E-state index contributed by atoms with van der Waals surface area (Å²) in [6, 6.07) is 10.5. The molecule has 1 aliphatic heterocycles. The van der Waals surface area contributed by atoms with Crippen LogP contribution < -0.4 is 25.5 Å². The number of esters is 1. The number of aromatic amines is 1. The molecule has 0 saturated carbocycles. The number of hydrogen-bond donors (Lipinski definition) is 3. The van der Waals surface area contributed by atoms with E-state index in [1.54, 1.807) is 0 Å². The third kappa shape index (κ3) is 4.49. The Morgan fingerprint density at radius 1 is 1.03 bits per heavy atom. The van der Waals surface area contributed by atoms with Crippen LogP contribution in [0.15, 0.2) is 71.9 Å². The van der Waals surface area contributed by atoms with Crippen molar-refractivity contribution in [3.63, 3.8) is 0 Å². The lowest BCUT2D eigenvalue weighted by Gasteiger charge is -2.19. The molecule has 1 aliphatic rings. The van der Waals surface area contributed by atoms with Crippen molar-refractivity contribution in [2.75, 3.05) is 17.2 Å². The van der Waals surface area contributed by atoms with E-state index in [0.717, 1.165) is 6.07 Å². The van der Waals surface area contributed by atoms with Gasteiger partial charge in [0.05, 0.1) is 0 Å². The summed E-state index contributed by atoms with van der Waals surface area (Å²) in [5.74, 6) is -2.48. The molecule has 0 radical (unpaired) electrons. The van der Waals surface area contributed by atoms with Gasteiger partial charge in [0.2, 0.25) is 11.3 Å². The van der Waals surface area contributed by atoms with Crippen molar-refractivity contribution < 1.29 is 27.8 Å². The van der Waals surface area contributed by atoms with Gasteiger partial charge in [-0.05, 0) is 29.8 Å². The van der Waals surface area contributed by atoms with Gasteiger partial charge in [-0.15, -0.1) is 0 Å². The van der Waals surface area contributed by atoms with E-state index in [1.165, 1.54) is 61.1 Å². The number of pyridine rings is 2. The number of halogens is 2. The van der Waals surface area contributed by atoms with Crippen LogP contribution in [0.25, 0.3) is 11.1 Å². The summed E-state index contributed by atoms with van der Waals surface area (Å²) in [6.07, 6.45) is 3.98. The maximum absolute atomic E-state index is 14.8. The average molecular weight is 490 g/mol. The monoisotopic (exact) mass is 490 g/mol. The van der Waals surface area contributed by atoms with Crippen LogP contribution in [-0.2, 0) is 4.79 Å². The molecule has 36 heavy (non-hydrogen) atoms. The summed E-state index contributed by atoms with van der Waals surface area (Å²) < 4.78 is 38.6. The predicted octanol–water partition coefficient (Wildman–Crippen LogP) is 4.09. The van der Waals surface area contributed by atoms with Crippen LogP contribution >= 0.6 is 0 Å². The number of amides is 1. The van der Waals surface area contributed by atoms with Gasteiger partial charge in [-0.25, -0.2) is 18.6 Å². The van der Waals surface area contributed by atoms with Gasteiger partial charge in [0.1, 0.15) is 23.6 Å². The Labute approximate surface area is 201 Å². The molecule has 0 fully saturated rings. The van der Waals surface area contributed by atoms with Crippen LogP contribution in [0.4, 0.5) is 20.2 Å². The third-order valence-corrected chi connectivity index (χ3v) is 5.25. The molecule has 4 aromatic rings. The minimum Gasteiger partial charge on any atom is -0.452 e. The Kier molecular flexibility index (Phi) is 5.87. The molecule has 3 heterocycles. The van der Waals surface area contributed by atoms with Crippen LogP contribution in [0.1, 0.15) is 10.4 Å². The summed E-state index contributed by atoms with van der Waals surface area (Å²) in [6.45, 7) is -0.0933. The summed E-state index contributed by atoms with van der Waals surface area (Å²) in [5.41, 5.74) is 0.213. The standard InChI is InChI=1S/C25H16F2N4O5/c26-14-3-1-13(2-4-14)16-10-28-11-17(23(16)33)24(34)31-15-5-6-19(18(27)9-15)35-20-7-8-29-25-22(20)30-12-21(32)36-25/h1-11,30H,12H2,(H,28,33)(H,31,34). The lowest BCUT2D eigenvalue weighted by Crippen LogP contribution is -2.25. The number of hydrogen-bond acceptors (Lipinski definition) is 7. The van der Waals surface area contributed by atoms with E-state index in [2.05, 4.69) is 20.6 Å². The van der Waals surface area contributed by atoms with Crippen molar-refractivity contribution in [1.82, 2.24) is 9.97 Å². The van der Waals surface area contributed by atoms with E-state index in [1.807, 2.05) is 0 Å². The van der Waals surface area contributed by atoms with Gasteiger partial charge in [0, 0.05) is 42.0 Å². The normalized spacial score (nSPS) is 12.2. The molecule has 3 N–H and O–H groups in total. The van der Waals surface area contributed by atoms with Gasteiger partial charge < -0.3 is 25.1 Å². The number of aromatic nitrogens is 2. The molecule has 1 amide bonds. The van der Waals surface area contributed by atoms with Crippen molar-refractivity contribution in [2.45, 2.75) is 0 Å². The highest BCUT2D eigenvalue weighted by molar-refractivity contribution is 6.04. The maximum atomic E-state index is 14.8. The van der Waals surface area contributed by atoms with Crippen LogP contribution in [-0.4, -0.2) is 28.4 Å². The van der Waals surface area contributed by atoms with Crippen molar-refractivity contribution in [3.05, 3.63) is 94.5 Å². The number of ether oxygens (including phenoxy) is 2. The van der Waals surface area contributed by atoms with Gasteiger partial charge in [0.25, 0.3) is 5.91 Å². The number of benzene rings is 2. The Morgan fingerprint density at radius 3 is 2.61 bits per heavy atom. The van der Waals surface area contributed by atoms with Crippen LogP contribution in [0, 0.1) is 11.6 Å². The zero-order valence-corrected chi connectivity index (χ0v) is 18.3. The second-order valence-corrected chi connectivity index (χ2v) is 7.64. The second kappa shape index (κ2) is 9.29. The first-order valence-electron chi connectivity index (χ1n) is 10.6. The molecule has 0 spiro atoms. The van der Waals surface area contributed by atoms with E-state index >= 15 is 0 Å². The Morgan fingerprint density at radius 2 is 1.83 bits per heavy atom. The van der Waals surface area contributed by atoms with E-state index in [-0.39, 0.29) is 40.7 Å². The minimum absolute atomic E-state index is 0.0149. The fraction of sp³-hybridized carbons (Fsp3) is 0.0400. The first kappa shape index (κ1) is 22.7. The fourth-order valence-electron chi connectivity index (χ4n) is 3.53. The summed E-state index contributed by atoms with van der Waals surface area (Å²) in [5, 5.41) is 5.29. The number of anilines is 2. The SMILES string of the molecule is O=C1CNc2c(Oc3ccc(NC(=O)c4c[nH]cc(-c5ccc(F)cc5)c4=O)cc3F)ccnc2O1. The molecule has 0 bridgehead atoms. The molecule has 5 rings (SSSR count). The summed E-state index contributed by atoms with van der Waals surface area (Å²) >= 11 is 0. The second-order valence-electron chi connectivity index (χ2n) is 7.64. The minimum atomic E-state index is -0.792. The fourth-order valence-corrected chi connectivity index (χ4v) is 3.53. The smallest absolute Gasteiger partial charge is 0.332 e. The zero-order valence-electron chi connectivity index (χ0n) is 18.3. The Hall–Kier alpha value is -5.06. The molecule has 0 saturated heterocycles. The number of nitrogens with zero attached hydrogens (tertiary/aromatic N) is 1. The van der Waals surface area contributed by atoms with E-state index < -0.39 is 28.9 Å². The van der Waals surface area contributed by atoms with E-state index in [9.17, 15) is 23.2 Å². The van der Waals surface area contributed by atoms with E-state index in [0.29, 0.717) is 11.3 Å². The van der Waals surface area contributed by atoms with Crippen molar-refractivity contribution in [1.29, 1.82) is 0 Å². The van der Waals surface area contributed by atoms with Gasteiger partial charge in [-0.2, -0.15) is 0 Å². The van der Waals surface area contributed by atoms with Crippen LogP contribution in [0.5, 0.6) is 17.4 Å². The molecule has 180 valence electrons. The number of nitrogens with one attached hydrogen (secondary N) is 3. The number of H-pyrrole nitrogens is 1. The highest BCUT2D eigenvalue weighted by Gasteiger charge is 2.22. The van der Waals surface area contributed by atoms with Crippen molar-refractivity contribution in [2.24, 2.45) is 0 Å². The lowest BCUT2D eigenvalue weighted by atomic mass is 10.0. The predicted molar refractivity (Wildman–Crippen MR) is 125 cm³/mol. The highest BCUT2D eigenvalue weighted by atomic mass is 19.1. The summed E-state index contributed by atoms with van der Waals surface area (Å²) in [7, 11) is 0. The molecule has 2 aromatic carbocycles. The van der Waals surface area contributed by atoms with Crippen molar-refractivity contribution >= 4 is 23.3 Å². The lowest BCUT2D eigenvalue weighted by molar-refractivity contribution is -0.133. The average Bonchev–Trinajstić information content (AvgIpc) is 2.86. The number of rotatable bonds is 5. The molecule has 11 heteroatoms. The molecule has 2 aromatic heterocycles. The first-order valence-corrected chi connectivity index (χ1v) is 10.6. The Balaban J connectivity index is 1.35. The van der Waals surface area contributed by atoms with Crippen LogP contribution in [0.2, 0.25) is 0 Å². The van der Waals surface area contributed by atoms with Gasteiger partial charge in [0.15, 0.2) is 17.3 Å². The van der Waals surface area contributed by atoms with Gasteiger partial charge in [-0.1, -0.05) is 12.1 Å². The quantitative estimate of drug-likeness (QED) is 0.360. The number of carbonyl (C=O) groups excluding carboxylic acids is 2. The molecule has 0 atom stereocenters. The molecular formula is C25H16F2N4O5. The highest BCUT2D eigenvalue weighted by Crippen LogP contribution is 2.38. The number of fused-ring (bicyclic) bond motifs is 1. The third-order valence-electron chi connectivity index (χ3n) is 5.25. The summed E-state index contributed by atoms with van der Waals surface area (Å²) in [4.78, 5) is 43.7. The maximum Gasteiger partial charge on any atom is 0.332 e. The molecule has 0 unspecified atom stereocenters. The number of carbonyl (C=O) groups is 2. The topological polar surface area (TPSA) is 122 Å². The Bertz CT molecular complexity index is 1550.